The van der Waals surface area contributed by atoms with Crippen LogP contribution in [0, 0.1) is 0 Å². The fourth-order valence-corrected chi connectivity index (χ4v) is 1.52. The van der Waals surface area contributed by atoms with Crippen molar-refractivity contribution in [2.45, 2.75) is 13.3 Å². The van der Waals surface area contributed by atoms with Gasteiger partial charge in [-0.15, -0.1) is 11.3 Å². The molecule has 0 unspecified atom stereocenters. The molecule has 0 aliphatic carbocycles. The van der Waals surface area contributed by atoms with Crippen LogP contribution in [0.2, 0.25) is 0 Å². The highest BCUT2D eigenvalue weighted by atomic mass is 32.1. The Hall–Kier alpha value is -0.500. The summed E-state index contributed by atoms with van der Waals surface area (Å²) in [4.78, 5) is 1.44. The highest BCUT2D eigenvalue weighted by Crippen LogP contribution is 2.18. The molecular formula is C7H11NS. The summed E-state index contributed by atoms with van der Waals surface area (Å²) in [7, 11) is 1.95. The zero-order valence-electron chi connectivity index (χ0n) is 5.77. The van der Waals surface area contributed by atoms with Crippen molar-refractivity contribution in [2.24, 2.45) is 0 Å². The van der Waals surface area contributed by atoms with E-state index in [1.807, 2.05) is 18.4 Å². The molecule has 0 radical (unpaired) electrons. The highest BCUT2D eigenvalue weighted by Gasteiger charge is 1.92. The Morgan fingerprint density at radius 3 is 2.78 bits per heavy atom. The molecule has 1 aromatic heterocycles. The van der Waals surface area contributed by atoms with Crippen LogP contribution in [0.25, 0.3) is 0 Å². The van der Waals surface area contributed by atoms with E-state index < -0.39 is 0 Å². The topological polar surface area (TPSA) is 12.0 Å². The Morgan fingerprint density at radius 1 is 1.67 bits per heavy atom. The standard InChI is InChI=1S/C7H11NS/c1-3-7-4-6(8-2)5-9-7/h4-5,8H,3H2,1-2H3. The SMILES string of the molecule is CCc1cc(NC)cs1. The minimum atomic E-state index is 1.15. The Kier molecular flexibility index (Phi) is 2.11. The quantitative estimate of drug-likeness (QED) is 0.666. The van der Waals surface area contributed by atoms with Gasteiger partial charge in [0.25, 0.3) is 0 Å². The fourth-order valence-electron chi connectivity index (χ4n) is 0.697. The second-order valence-electron chi connectivity index (χ2n) is 1.91. The fraction of sp³-hybridized carbons (Fsp3) is 0.429. The molecule has 2 heteroatoms. The Balaban J connectivity index is 2.74. The van der Waals surface area contributed by atoms with Crippen LogP contribution < -0.4 is 5.32 Å². The van der Waals surface area contributed by atoms with Gasteiger partial charge in [0.2, 0.25) is 0 Å². The first-order chi connectivity index (χ1) is 4.36. The third-order valence-electron chi connectivity index (χ3n) is 1.29. The predicted molar refractivity (Wildman–Crippen MR) is 43.2 cm³/mol. The minimum Gasteiger partial charge on any atom is -0.387 e. The molecule has 0 amide bonds. The maximum Gasteiger partial charge on any atom is 0.0449 e. The van der Waals surface area contributed by atoms with Crippen LogP contribution in [0.15, 0.2) is 11.4 Å². The van der Waals surface area contributed by atoms with Gasteiger partial charge in [0.15, 0.2) is 0 Å². The third-order valence-corrected chi connectivity index (χ3v) is 2.37. The van der Waals surface area contributed by atoms with E-state index in [0.717, 1.165) is 6.42 Å². The van der Waals surface area contributed by atoms with Gasteiger partial charge in [0.1, 0.15) is 0 Å². The third kappa shape index (κ3) is 1.45. The Bertz CT molecular complexity index is 162. The summed E-state index contributed by atoms with van der Waals surface area (Å²) in [5, 5.41) is 5.23. The van der Waals surface area contributed by atoms with E-state index in [4.69, 9.17) is 0 Å². The smallest absolute Gasteiger partial charge is 0.0449 e. The number of rotatable bonds is 2. The van der Waals surface area contributed by atoms with E-state index in [0.29, 0.717) is 0 Å². The van der Waals surface area contributed by atoms with Crippen LogP contribution in [-0.4, -0.2) is 7.05 Å². The van der Waals surface area contributed by atoms with E-state index >= 15 is 0 Å². The molecule has 1 N–H and O–H groups in total. The molecule has 0 spiro atoms. The molecule has 9 heavy (non-hydrogen) atoms. The molecular weight excluding hydrogens is 130 g/mol. The second kappa shape index (κ2) is 2.87. The van der Waals surface area contributed by atoms with E-state index in [2.05, 4.69) is 23.7 Å². The van der Waals surface area contributed by atoms with Crippen molar-refractivity contribution in [2.75, 3.05) is 12.4 Å². The van der Waals surface area contributed by atoms with Crippen LogP contribution in [0.1, 0.15) is 11.8 Å². The first-order valence-electron chi connectivity index (χ1n) is 3.12. The molecule has 1 heterocycles. The zero-order valence-corrected chi connectivity index (χ0v) is 6.59. The zero-order chi connectivity index (χ0) is 6.69. The first kappa shape index (κ1) is 6.62. The summed E-state index contributed by atoms with van der Waals surface area (Å²) in [5.41, 5.74) is 1.23. The van der Waals surface area contributed by atoms with Gasteiger partial charge in [-0.05, 0) is 12.5 Å². The monoisotopic (exact) mass is 141 g/mol. The van der Waals surface area contributed by atoms with Gasteiger partial charge in [-0.3, -0.25) is 0 Å². The number of hydrogen-bond acceptors (Lipinski definition) is 2. The molecule has 0 saturated carbocycles. The van der Waals surface area contributed by atoms with Crippen molar-refractivity contribution in [3.63, 3.8) is 0 Å². The van der Waals surface area contributed by atoms with Crippen LogP contribution in [0.3, 0.4) is 0 Å². The summed E-state index contributed by atoms with van der Waals surface area (Å²) in [5.74, 6) is 0. The van der Waals surface area contributed by atoms with Gasteiger partial charge in [-0.1, -0.05) is 6.92 Å². The van der Waals surface area contributed by atoms with Gasteiger partial charge in [-0.2, -0.15) is 0 Å². The van der Waals surface area contributed by atoms with Crippen LogP contribution in [0.4, 0.5) is 5.69 Å². The van der Waals surface area contributed by atoms with Crippen molar-refractivity contribution >= 4 is 17.0 Å². The normalized spacial score (nSPS) is 9.56. The van der Waals surface area contributed by atoms with Crippen molar-refractivity contribution in [3.05, 3.63) is 16.3 Å². The van der Waals surface area contributed by atoms with Crippen LogP contribution >= 0.6 is 11.3 Å². The molecule has 1 nitrogen and oxygen atoms in total. The first-order valence-corrected chi connectivity index (χ1v) is 4.00. The van der Waals surface area contributed by atoms with Crippen molar-refractivity contribution < 1.29 is 0 Å². The lowest BCUT2D eigenvalue weighted by molar-refractivity contribution is 1.19. The van der Waals surface area contributed by atoms with Gasteiger partial charge in [0, 0.05) is 23.0 Å². The number of thiophene rings is 1. The van der Waals surface area contributed by atoms with Crippen molar-refractivity contribution in [1.82, 2.24) is 0 Å². The summed E-state index contributed by atoms with van der Waals surface area (Å²) in [6.45, 7) is 2.17. The Morgan fingerprint density at radius 2 is 2.44 bits per heavy atom. The van der Waals surface area contributed by atoms with Crippen molar-refractivity contribution in [1.29, 1.82) is 0 Å². The molecule has 0 fully saturated rings. The van der Waals surface area contributed by atoms with Crippen LogP contribution in [0.5, 0.6) is 0 Å². The van der Waals surface area contributed by atoms with Gasteiger partial charge >= 0.3 is 0 Å². The molecule has 1 aromatic rings. The van der Waals surface area contributed by atoms with E-state index in [-0.39, 0.29) is 0 Å². The van der Waals surface area contributed by atoms with Gasteiger partial charge in [-0.25, -0.2) is 0 Å². The number of anilines is 1. The molecule has 0 saturated heterocycles. The lowest BCUT2D eigenvalue weighted by Gasteiger charge is -1.88. The summed E-state index contributed by atoms with van der Waals surface area (Å²) < 4.78 is 0. The average molecular weight is 141 g/mol. The molecule has 50 valence electrons. The molecule has 0 aromatic carbocycles. The maximum absolute atomic E-state index is 3.09. The number of nitrogens with one attached hydrogen (secondary N) is 1. The highest BCUT2D eigenvalue weighted by molar-refractivity contribution is 7.10. The summed E-state index contributed by atoms with van der Waals surface area (Å²) in [6.07, 6.45) is 1.15. The van der Waals surface area contributed by atoms with Crippen LogP contribution in [-0.2, 0) is 6.42 Å². The second-order valence-corrected chi connectivity index (χ2v) is 2.90. The lowest BCUT2D eigenvalue weighted by Crippen LogP contribution is -1.82. The van der Waals surface area contributed by atoms with Gasteiger partial charge in [0.05, 0.1) is 0 Å². The number of hydrogen-bond donors (Lipinski definition) is 1. The van der Waals surface area contributed by atoms with Crippen molar-refractivity contribution in [3.8, 4) is 0 Å². The van der Waals surface area contributed by atoms with E-state index in [1.165, 1.54) is 10.6 Å². The molecule has 0 aliphatic rings. The average Bonchev–Trinajstić information content (AvgIpc) is 2.34. The minimum absolute atomic E-state index is 1.15. The van der Waals surface area contributed by atoms with E-state index in [9.17, 15) is 0 Å². The molecule has 1 rings (SSSR count). The van der Waals surface area contributed by atoms with Gasteiger partial charge < -0.3 is 5.32 Å². The summed E-state index contributed by atoms with van der Waals surface area (Å²) >= 11 is 1.81. The summed E-state index contributed by atoms with van der Waals surface area (Å²) in [6, 6.07) is 2.19. The number of aryl methyl sites for hydroxylation is 1. The Labute approximate surface area is 59.7 Å². The molecule has 0 aliphatic heterocycles. The lowest BCUT2D eigenvalue weighted by atomic mass is 10.4. The van der Waals surface area contributed by atoms with E-state index in [1.54, 1.807) is 0 Å². The maximum atomic E-state index is 3.09. The predicted octanol–water partition coefficient (Wildman–Crippen LogP) is 2.35. The molecule has 0 bridgehead atoms. The molecule has 0 atom stereocenters. The largest absolute Gasteiger partial charge is 0.387 e.